The first-order chi connectivity index (χ1) is 17.5. The smallest absolute Gasteiger partial charge is 0.273 e. The first-order valence-electron chi connectivity index (χ1n) is 11.2. The Balaban J connectivity index is 1.42. The molecule has 0 aliphatic carbocycles. The maximum atomic E-state index is 13.0. The summed E-state index contributed by atoms with van der Waals surface area (Å²) in [6.07, 6.45) is 3.21. The molecule has 4 aromatic rings. The maximum Gasteiger partial charge on any atom is 0.273 e. The average molecular weight is 518 g/mol. The number of rotatable bonds is 9. The van der Waals surface area contributed by atoms with Crippen LogP contribution in [0.15, 0.2) is 94.6 Å². The lowest BCUT2D eigenvalue weighted by Crippen LogP contribution is -2.21. The first kappa shape index (κ1) is 25.3. The molecule has 182 valence electrons. The van der Waals surface area contributed by atoms with Crippen LogP contribution in [0.4, 0.5) is 5.69 Å². The van der Waals surface area contributed by atoms with Crippen LogP contribution < -0.4 is 10.7 Å². The van der Waals surface area contributed by atoms with E-state index in [1.165, 1.54) is 6.07 Å². The Morgan fingerprint density at radius 3 is 2.64 bits per heavy atom. The Labute approximate surface area is 218 Å². The Morgan fingerprint density at radius 1 is 0.972 bits per heavy atom. The van der Waals surface area contributed by atoms with Crippen molar-refractivity contribution in [3.05, 3.63) is 124 Å². The van der Waals surface area contributed by atoms with Crippen LogP contribution in [0.2, 0.25) is 5.02 Å². The molecule has 2 N–H and O–H groups in total. The minimum absolute atomic E-state index is 0.211. The largest absolute Gasteiger partial charge is 0.468 e. The molecule has 0 aliphatic rings. The van der Waals surface area contributed by atoms with Gasteiger partial charge in [-0.3, -0.25) is 9.59 Å². The zero-order valence-corrected chi connectivity index (χ0v) is 21.1. The molecule has 0 unspecified atom stereocenters. The van der Waals surface area contributed by atoms with Crippen LogP contribution in [0.5, 0.6) is 0 Å². The van der Waals surface area contributed by atoms with E-state index >= 15 is 0 Å². The van der Waals surface area contributed by atoms with Crippen LogP contribution in [-0.4, -0.2) is 18.0 Å². The van der Waals surface area contributed by atoms with Crippen LogP contribution in [0.25, 0.3) is 0 Å². The fourth-order valence-electron chi connectivity index (χ4n) is 3.45. The minimum Gasteiger partial charge on any atom is -0.468 e. The third-order valence-electron chi connectivity index (χ3n) is 5.18. The number of benzene rings is 3. The number of anilines is 1. The summed E-state index contributed by atoms with van der Waals surface area (Å²) in [4.78, 5) is 25.8. The number of carbonyl (C=O) groups is 2. The fraction of sp³-hybridized carbons (Fsp3) is 0.107. The van der Waals surface area contributed by atoms with Crippen molar-refractivity contribution < 1.29 is 14.0 Å². The number of furan rings is 1. The van der Waals surface area contributed by atoms with E-state index in [9.17, 15) is 9.59 Å². The van der Waals surface area contributed by atoms with Crippen LogP contribution in [0.1, 0.15) is 43.2 Å². The average Bonchev–Trinajstić information content (AvgIpc) is 3.39. The zero-order chi connectivity index (χ0) is 25.3. The summed E-state index contributed by atoms with van der Waals surface area (Å²) in [5.41, 5.74) is 6.50. The summed E-state index contributed by atoms with van der Waals surface area (Å²) in [7, 11) is 0. The molecule has 6 nitrogen and oxygen atoms in total. The molecule has 0 spiro atoms. The molecule has 4 rings (SSSR count). The number of halogens is 1. The Hall–Kier alpha value is -3.81. The van der Waals surface area contributed by atoms with Crippen molar-refractivity contribution in [1.82, 2.24) is 5.43 Å². The van der Waals surface area contributed by atoms with Gasteiger partial charge in [0, 0.05) is 16.3 Å². The van der Waals surface area contributed by atoms with Gasteiger partial charge in [0.2, 0.25) is 0 Å². The lowest BCUT2D eigenvalue weighted by atomic mass is 10.1. The normalized spacial score (nSPS) is 10.9. The Kier molecular flexibility index (Phi) is 8.60. The number of hydrogen-bond donors (Lipinski definition) is 2. The van der Waals surface area contributed by atoms with Gasteiger partial charge in [-0.1, -0.05) is 53.6 Å². The molecule has 1 aromatic heterocycles. The highest BCUT2D eigenvalue weighted by Gasteiger charge is 2.15. The molecule has 0 atom stereocenters. The van der Waals surface area contributed by atoms with Crippen molar-refractivity contribution in [2.45, 2.75) is 18.4 Å². The van der Waals surface area contributed by atoms with Gasteiger partial charge in [0.05, 0.1) is 29.5 Å². The van der Waals surface area contributed by atoms with Crippen molar-refractivity contribution >= 4 is 47.1 Å². The number of hydrogen-bond acceptors (Lipinski definition) is 5. The molecule has 36 heavy (non-hydrogen) atoms. The minimum atomic E-state index is -0.486. The fourth-order valence-corrected chi connectivity index (χ4v) is 4.51. The third-order valence-corrected chi connectivity index (χ3v) is 6.44. The molecular formula is C28H24ClN3O3S. The van der Waals surface area contributed by atoms with E-state index in [0.717, 1.165) is 34.0 Å². The van der Waals surface area contributed by atoms with Gasteiger partial charge in [-0.25, -0.2) is 5.43 Å². The van der Waals surface area contributed by atoms with Crippen molar-refractivity contribution in [2.24, 2.45) is 5.10 Å². The Morgan fingerprint density at radius 2 is 1.83 bits per heavy atom. The number of amides is 2. The maximum absolute atomic E-state index is 13.0. The molecule has 0 bridgehead atoms. The molecule has 3 aromatic carbocycles. The van der Waals surface area contributed by atoms with Crippen molar-refractivity contribution in [3.63, 3.8) is 0 Å². The quantitative estimate of drug-likeness (QED) is 0.191. The number of aryl methyl sites for hydroxylation is 1. The second-order valence-corrected chi connectivity index (χ2v) is 9.45. The van der Waals surface area contributed by atoms with Gasteiger partial charge in [0.25, 0.3) is 11.8 Å². The first-order valence-corrected chi connectivity index (χ1v) is 12.7. The summed E-state index contributed by atoms with van der Waals surface area (Å²) in [5, 5.41) is 7.23. The summed E-state index contributed by atoms with van der Waals surface area (Å²) < 4.78 is 5.35. The summed E-state index contributed by atoms with van der Waals surface area (Å²) in [5.74, 6) is 1.58. The predicted octanol–water partition coefficient (Wildman–Crippen LogP) is 6.69. The topological polar surface area (TPSA) is 83.7 Å². The van der Waals surface area contributed by atoms with E-state index in [1.807, 2.05) is 61.5 Å². The highest BCUT2D eigenvalue weighted by molar-refractivity contribution is 7.97. The van der Waals surface area contributed by atoms with Gasteiger partial charge < -0.3 is 9.73 Å². The second-order valence-electron chi connectivity index (χ2n) is 8.03. The van der Waals surface area contributed by atoms with Gasteiger partial charge in [-0.15, -0.1) is 11.8 Å². The van der Waals surface area contributed by atoms with Crippen LogP contribution in [0, 0.1) is 6.92 Å². The summed E-state index contributed by atoms with van der Waals surface area (Å²) in [6, 6.07) is 23.6. The van der Waals surface area contributed by atoms with E-state index < -0.39 is 5.91 Å². The van der Waals surface area contributed by atoms with E-state index in [2.05, 4.69) is 15.8 Å². The van der Waals surface area contributed by atoms with Gasteiger partial charge in [0.15, 0.2) is 0 Å². The van der Waals surface area contributed by atoms with E-state index in [4.69, 9.17) is 16.0 Å². The van der Waals surface area contributed by atoms with Gasteiger partial charge in [-0.05, 0) is 60.5 Å². The number of thioether (sulfide) groups is 1. The highest BCUT2D eigenvalue weighted by Crippen LogP contribution is 2.23. The van der Waals surface area contributed by atoms with Gasteiger partial charge in [-0.2, -0.15) is 5.10 Å². The van der Waals surface area contributed by atoms with E-state index in [1.54, 1.807) is 42.4 Å². The summed E-state index contributed by atoms with van der Waals surface area (Å²) >= 11 is 7.82. The van der Waals surface area contributed by atoms with Crippen LogP contribution >= 0.6 is 23.4 Å². The molecule has 2 amide bonds. The van der Waals surface area contributed by atoms with Crippen molar-refractivity contribution in [1.29, 1.82) is 0 Å². The third kappa shape index (κ3) is 7.10. The zero-order valence-electron chi connectivity index (χ0n) is 19.5. The van der Waals surface area contributed by atoms with Gasteiger partial charge >= 0.3 is 0 Å². The molecular weight excluding hydrogens is 494 g/mol. The highest BCUT2D eigenvalue weighted by atomic mass is 35.5. The second kappa shape index (κ2) is 12.2. The molecule has 0 saturated carbocycles. The summed E-state index contributed by atoms with van der Waals surface area (Å²) in [6.45, 7) is 1.98. The number of nitrogens with one attached hydrogen (secondary N) is 2. The molecule has 0 radical (unpaired) electrons. The van der Waals surface area contributed by atoms with Crippen LogP contribution in [0.3, 0.4) is 0 Å². The SMILES string of the molecule is Cc1cccc(/C=N/NC(=O)c2cc(Cl)ccc2NC(=O)c2cccc(CSCc3ccco3)c2)c1. The Bertz CT molecular complexity index is 1390. The standard InChI is InChI=1S/C28H24ClN3O3S/c1-19-5-2-6-20(13-19)16-30-32-28(34)25-15-23(29)10-11-26(25)31-27(33)22-8-3-7-21(14-22)17-36-18-24-9-4-12-35-24/h2-16H,17-18H2,1H3,(H,31,33)(H,32,34)/b30-16+. The van der Waals surface area contributed by atoms with Crippen molar-refractivity contribution in [2.75, 3.05) is 5.32 Å². The van der Waals surface area contributed by atoms with E-state index in [0.29, 0.717) is 16.3 Å². The van der Waals surface area contributed by atoms with Gasteiger partial charge in [0.1, 0.15) is 5.76 Å². The lowest BCUT2D eigenvalue weighted by molar-refractivity contribution is 0.0956. The molecule has 0 aliphatic heterocycles. The predicted molar refractivity (Wildman–Crippen MR) is 146 cm³/mol. The molecule has 8 heteroatoms. The number of nitrogens with zero attached hydrogens (tertiary/aromatic N) is 1. The molecule has 1 heterocycles. The number of hydrazone groups is 1. The number of carbonyl (C=O) groups excluding carboxylic acids is 2. The van der Waals surface area contributed by atoms with Crippen LogP contribution in [-0.2, 0) is 11.5 Å². The van der Waals surface area contributed by atoms with Crippen molar-refractivity contribution in [3.8, 4) is 0 Å². The van der Waals surface area contributed by atoms with E-state index in [-0.39, 0.29) is 11.5 Å². The monoisotopic (exact) mass is 517 g/mol. The molecule has 0 fully saturated rings. The molecule has 0 saturated heterocycles. The lowest BCUT2D eigenvalue weighted by Gasteiger charge is -2.11.